The van der Waals surface area contributed by atoms with Crippen LogP contribution < -0.4 is 5.73 Å². The third-order valence-corrected chi connectivity index (χ3v) is 2.19. The van der Waals surface area contributed by atoms with Crippen molar-refractivity contribution in [3.8, 4) is 0 Å². The molecule has 1 amide bonds. The number of ether oxygens (including phenoxy) is 1. The lowest BCUT2D eigenvalue weighted by Crippen LogP contribution is -2.31. The van der Waals surface area contributed by atoms with Crippen molar-refractivity contribution in [1.82, 2.24) is 0 Å². The van der Waals surface area contributed by atoms with E-state index in [2.05, 4.69) is 20.8 Å². The third kappa shape index (κ3) is 5.94. The quantitative estimate of drug-likeness (QED) is 0.690. The monoisotopic (exact) mass is 203 g/mol. The lowest BCUT2D eigenvalue weighted by atomic mass is 9.90. The largest absolute Gasteiger partial charge is 0.390 e. The van der Waals surface area contributed by atoms with Crippen LogP contribution in [0.5, 0.6) is 0 Å². The number of hydrogen-bond acceptors (Lipinski definition) is 3. The molecule has 0 radical (unpaired) electrons. The number of rotatable bonds is 5. The van der Waals surface area contributed by atoms with Gasteiger partial charge in [-0.15, -0.1) is 0 Å². The van der Waals surface area contributed by atoms with Crippen LogP contribution in [0, 0.1) is 5.41 Å². The Morgan fingerprint density at radius 3 is 2.36 bits per heavy atom. The number of nitrogens with two attached hydrogens (primary N) is 1. The summed E-state index contributed by atoms with van der Waals surface area (Å²) in [4.78, 5) is 10.5. The van der Waals surface area contributed by atoms with Crippen LogP contribution in [0.3, 0.4) is 0 Å². The minimum Gasteiger partial charge on any atom is -0.390 e. The van der Waals surface area contributed by atoms with E-state index < -0.39 is 12.0 Å². The highest BCUT2D eigenvalue weighted by atomic mass is 16.5. The molecular formula is C10H21NO3. The first-order chi connectivity index (χ1) is 6.23. The number of carbonyl (C=O) groups excluding carboxylic acids is 1. The van der Waals surface area contributed by atoms with Crippen LogP contribution in [0.2, 0.25) is 0 Å². The highest BCUT2D eigenvalue weighted by Crippen LogP contribution is 2.21. The summed E-state index contributed by atoms with van der Waals surface area (Å²) < 4.78 is 5.41. The molecule has 0 rings (SSSR count). The van der Waals surface area contributed by atoms with Crippen LogP contribution in [0.4, 0.5) is 0 Å². The van der Waals surface area contributed by atoms with Gasteiger partial charge in [0.05, 0.1) is 25.2 Å². The topological polar surface area (TPSA) is 72.6 Å². The molecule has 3 N–H and O–H groups in total. The van der Waals surface area contributed by atoms with Gasteiger partial charge in [-0.2, -0.15) is 0 Å². The summed E-state index contributed by atoms with van der Waals surface area (Å²) in [6.07, 6.45) is -0.807. The Kier molecular flexibility index (Phi) is 5.08. The SMILES string of the molecule is CC(OCC(O)CC(N)=O)C(C)(C)C. The molecule has 4 nitrogen and oxygen atoms in total. The van der Waals surface area contributed by atoms with E-state index in [-0.39, 0.29) is 24.5 Å². The van der Waals surface area contributed by atoms with Crippen molar-refractivity contribution in [2.24, 2.45) is 11.1 Å². The molecule has 84 valence electrons. The van der Waals surface area contributed by atoms with Gasteiger partial charge in [-0.1, -0.05) is 20.8 Å². The predicted octanol–water partition coefficient (Wildman–Crippen LogP) is 0.674. The molecule has 0 saturated carbocycles. The van der Waals surface area contributed by atoms with Crippen LogP contribution in [-0.4, -0.2) is 29.8 Å². The average molecular weight is 203 g/mol. The molecule has 0 aromatic heterocycles. The second kappa shape index (κ2) is 5.32. The minimum atomic E-state index is -0.794. The summed E-state index contributed by atoms with van der Waals surface area (Å²) in [6, 6.07) is 0. The zero-order valence-electron chi connectivity index (χ0n) is 9.41. The highest BCUT2D eigenvalue weighted by Gasteiger charge is 2.21. The molecule has 2 atom stereocenters. The van der Waals surface area contributed by atoms with Crippen LogP contribution in [0.1, 0.15) is 34.1 Å². The van der Waals surface area contributed by atoms with Crippen molar-refractivity contribution in [2.75, 3.05) is 6.61 Å². The number of aliphatic hydroxyl groups is 1. The Labute approximate surface area is 85.4 Å². The molecule has 14 heavy (non-hydrogen) atoms. The Morgan fingerprint density at radius 2 is 2.00 bits per heavy atom. The van der Waals surface area contributed by atoms with E-state index in [9.17, 15) is 9.90 Å². The lowest BCUT2D eigenvalue weighted by molar-refractivity contribution is -0.121. The van der Waals surface area contributed by atoms with Crippen LogP contribution in [0.25, 0.3) is 0 Å². The third-order valence-electron chi connectivity index (χ3n) is 2.19. The van der Waals surface area contributed by atoms with Crippen molar-refractivity contribution < 1.29 is 14.6 Å². The number of amides is 1. The Hall–Kier alpha value is -0.610. The van der Waals surface area contributed by atoms with Gasteiger partial charge in [0.1, 0.15) is 0 Å². The van der Waals surface area contributed by atoms with E-state index >= 15 is 0 Å². The van der Waals surface area contributed by atoms with Gasteiger partial charge in [-0.3, -0.25) is 4.79 Å². The fraction of sp³-hybridized carbons (Fsp3) is 0.900. The molecule has 0 spiro atoms. The fourth-order valence-corrected chi connectivity index (χ4v) is 0.797. The first kappa shape index (κ1) is 13.4. The van der Waals surface area contributed by atoms with Crippen molar-refractivity contribution in [1.29, 1.82) is 0 Å². The molecule has 2 unspecified atom stereocenters. The first-order valence-electron chi connectivity index (χ1n) is 4.81. The van der Waals surface area contributed by atoms with Crippen molar-refractivity contribution >= 4 is 5.91 Å². The van der Waals surface area contributed by atoms with E-state index in [1.807, 2.05) is 6.92 Å². The Balaban J connectivity index is 3.77. The molecular weight excluding hydrogens is 182 g/mol. The summed E-state index contributed by atoms with van der Waals surface area (Å²) in [5.41, 5.74) is 4.97. The van der Waals surface area contributed by atoms with E-state index in [0.29, 0.717) is 0 Å². The normalized spacial score (nSPS) is 16.4. The lowest BCUT2D eigenvalue weighted by Gasteiger charge is -2.28. The van der Waals surface area contributed by atoms with E-state index in [1.165, 1.54) is 0 Å². The van der Waals surface area contributed by atoms with Gasteiger partial charge < -0.3 is 15.6 Å². The van der Waals surface area contributed by atoms with E-state index in [0.717, 1.165) is 0 Å². The molecule has 0 aliphatic carbocycles. The molecule has 0 aliphatic heterocycles. The average Bonchev–Trinajstić information content (AvgIpc) is 1.96. The molecule has 0 aromatic rings. The van der Waals surface area contributed by atoms with Crippen molar-refractivity contribution in [3.63, 3.8) is 0 Å². The molecule has 0 saturated heterocycles. The molecule has 0 aromatic carbocycles. The number of carbonyl (C=O) groups is 1. The van der Waals surface area contributed by atoms with Gasteiger partial charge in [0.2, 0.25) is 5.91 Å². The summed E-state index contributed by atoms with van der Waals surface area (Å²) in [7, 11) is 0. The molecule has 4 heteroatoms. The van der Waals surface area contributed by atoms with Crippen LogP contribution in [0.15, 0.2) is 0 Å². The first-order valence-corrected chi connectivity index (χ1v) is 4.81. The van der Waals surface area contributed by atoms with E-state index in [1.54, 1.807) is 0 Å². The maximum Gasteiger partial charge on any atom is 0.220 e. The number of aliphatic hydroxyl groups excluding tert-OH is 1. The van der Waals surface area contributed by atoms with Gasteiger partial charge in [0.15, 0.2) is 0 Å². The van der Waals surface area contributed by atoms with Gasteiger partial charge in [0, 0.05) is 0 Å². The zero-order valence-corrected chi connectivity index (χ0v) is 9.41. The van der Waals surface area contributed by atoms with Gasteiger partial charge >= 0.3 is 0 Å². The Bertz CT molecular complexity index is 186. The summed E-state index contributed by atoms with van der Waals surface area (Å²) >= 11 is 0. The maximum atomic E-state index is 10.5. The van der Waals surface area contributed by atoms with Crippen LogP contribution >= 0.6 is 0 Å². The predicted molar refractivity (Wildman–Crippen MR) is 54.7 cm³/mol. The molecule has 0 bridgehead atoms. The number of hydrogen-bond donors (Lipinski definition) is 2. The Morgan fingerprint density at radius 1 is 1.50 bits per heavy atom. The fourth-order valence-electron chi connectivity index (χ4n) is 0.797. The highest BCUT2D eigenvalue weighted by molar-refractivity contribution is 5.74. The maximum absolute atomic E-state index is 10.5. The van der Waals surface area contributed by atoms with Gasteiger partial charge in [-0.05, 0) is 12.3 Å². The van der Waals surface area contributed by atoms with Gasteiger partial charge in [-0.25, -0.2) is 0 Å². The van der Waals surface area contributed by atoms with Crippen LogP contribution in [-0.2, 0) is 9.53 Å². The molecule has 0 aliphatic rings. The smallest absolute Gasteiger partial charge is 0.220 e. The zero-order chi connectivity index (χ0) is 11.4. The van der Waals surface area contributed by atoms with Crippen molar-refractivity contribution in [2.45, 2.75) is 46.3 Å². The number of primary amides is 1. The summed E-state index contributed by atoms with van der Waals surface area (Å²) in [5.74, 6) is -0.510. The second-order valence-electron chi connectivity index (χ2n) is 4.67. The molecule has 0 heterocycles. The van der Waals surface area contributed by atoms with E-state index in [4.69, 9.17) is 10.5 Å². The van der Waals surface area contributed by atoms with Crippen molar-refractivity contribution in [3.05, 3.63) is 0 Å². The summed E-state index contributed by atoms with van der Waals surface area (Å²) in [6.45, 7) is 8.26. The van der Waals surface area contributed by atoms with Gasteiger partial charge in [0.25, 0.3) is 0 Å². The minimum absolute atomic E-state index is 0.0324. The summed E-state index contributed by atoms with van der Waals surface area (Å²) in [5, 5.41) is 9.31. The molecule has 0 fully saturated rings. The second-order valence-corrected chi connectivity index (χ2v) is 4.67. The standard InChI is InChI=1S/C10H21NO3/c1-7(10(2,3)4)14-6-8(12)5-9(11)13/h7-8,12H,5-6H2,1-4H3,(H2,11,13).